The van der Waals surface area contributed by atoms with Crippen LogP contribution in [0.3, 0.4) is 0 Å². The maximum absolute atomic E-state index is 12.9. The molecule has 0 aliphatic carbocycles. The van der Waals surface area contributed by atoms with Crippen LogP contribution in [-0.2, 0) is 4.79 Å². The molecule has 11 heteroatoms. The molecular formula is C17H19N7O3S. The fourth-order valence-corrected chi connectivity index (χ4v) is 3.10. The average molecular weight is 401 g/mol. The highest BCUT2D eigenvalue weighted by molar-refractivity contribution is 7.13. The molecule has 1 aliphatic heterocycles. The molecule has 28 heavy (non-hydrogen) atoms. The van der Waals surface area contributed by atoms with E-state index in [2.05, 4.69) is 20.2 Å². The summed E-state index contributed by atoms with van der Waals surface area (Å²) in [7, 11) is 0. The summed E-state index contributed by atoms with van der Waals surface area (Å²) in [4.78, 5) is 50.2. The van der Waals surface area contributed by atoms with Gasteiger partial charge < -0.3 is 0 Å². The molecule has 2 aromatic rings. The number of pyridine rings is 1. The van der Waals surface area contributed by atoms with Crippen molar-refractivity contribution in [2.75, 3.05) is 19.8 Å². The molecule has 3 rings (SSSR count). The zero-order chi connectivity index (χ0) is 20.1. The molecule has 0 saturated carbocycles. The Labute approximate surface area is 165 Å². The number of rotatable bonds is 7. The van der Waals surface area contributed by atoms with E-state index in [-0.39, 0.29) is 12.2 Å². The van der Waals surface area contributed by atoms with Gasteiger partial charge in [-0.2, -0.15) is 10.0 Å². The summed E-state index contributed by atoms with van der Waals surface area (Å²) < 4.78 is 0. The molecule has 0 spiro atoms. The quantitative estimate of drug-likeness (QED) is 0.400. The van der Waals surface area contributed by atoms with Crippen molar-refractivity contribution in [3.05, 3.63) is 41.7 Å². The van der Waals surface area contributed by atoms with Crippen molar-refractivity contribution in [1.82, 2.24) is 24.7 Å². The second kappa shape index (κ2) is 8.76. The molecular weight excluding hydrogens is 382 g/mol. The van der Waals surface area contributed by atoms with Gasteiger partial charge in [0.1, 0.15) is 0 Å². The number of azo groups is 1. The molecule has 1 aliphatic rings. The summed E-state index contributed by atoms with van der Waals surface area (Å²) in [5, 5.41) is 10.1. The fourth-order valence-electron chi connectivity index (χ4n) is 2.64. The predicted molar refractivity (Wildman–Crippen MR) is 101 cm³/mol. The molecule has 1 saturated heterocycles. The van der Waals surface area contributed by atoms with Gasteiger partial charge >= 0.3 is 6.03 Å². The van der Waals surface area contributed by atoms with Crippen LogP contribution in [0, 0.1) is 0 Å². The van der Waals surface area contributed by atoms with E-state index in [0.717, 1.165) is 0 Å². The lowest BCUT2D eigenvalue weighted by Crippen LogP contribution is -2.44. The zero-order valence-electron chi connectivity index (χ0n) is 15.4. The minimum atomic E-state index is -1.22. The summed E-state index contributed by atoms with van der Waals surface area (Å²) in [5.74, 6) is -1.48. The number of aromatic nitrogens is 2. The van der Waals surface area contributed by atoms with Crippen LogP contribution >= 0.6 is 11.3 Å². The number of hydrogen-bond donors (Lipinski definition) is 0. The summed E-state index contributed by atoms with van der Waals surface area (Å²) in [6.45, 7) is 5.37. The van der Waals surface area contributed by atoms with Crippen LogP contribution in [-0.4, -0.2) is 68.4 Å². The second-order valence-electron chi connectivity index (χ2n) is 5.82. The van der Waals surface area contributed by atoms with E-state index in [1.807, 2.05) is 18.7 Å². The SMILES string of the molecule is CCN(CC)CN1C(=O)N(C(=O)c2cccnc2)C(=O)C1N=Nc1nccs1. The highest BCUT2D eigenvalue weighted by atomic mass is 32.1. The third-order valence-electron chi connectivity index (χ3n) is 4.20. The Morgan fingerprint density at radius 3 is 2.68 bits per heavy atom. The number of urea groups is 1. The lowest BCUT2D eigenvalue weighted by Gasteiger charge is -2.26. The van der Waals surface area contributed by atoms with Gasteiger partial charge in [-0.1, -0.05) is 13.8 Å². The van der Waals surface area contributed by atoms with Gasteiger partial charge in [0.05, 0.1) is 12.2 Å². The Morgan fingerprint density at radius 1 is 1.29 bits per heavy atom. The monoisotopic (exact) mass is 401 g/mol. The molecule has 146 valence electrons. The highest BCUT2D eigenvalue weighted by Gasteiger charge is 2.49. The molecule has 0 aromatic carbocycles. The number of thiazole rings is 1. The van der Waals surface area contributed by atoms with Gasteiger partial charge in [-0.05, 0) is 25.2 Å². The molecule has 10 nitrogen and oxygen atoms in total. The molecule has 1 unspecified atom stereocenters. The van der Waals surface area contributed by atoms with E-state index in [1.165, 1.54) is 34.7 Å². The van der Waals surface area contributed by atoms with Crippen molar-refractivity contribution in [2.45, 2.75) is 20.0 Å². The predicted octanol–water partition coefficient (Wildman–Crippen LogP) is 2.35. The highest BCUT2D eigenvalue weighted by Crippen LogP contribution is 2.24. The maximum Gasteiger partial charge on any atom is 0.337 e. The van der Waals surface area contributed by atoms with E-state index in [1.54, 1.807) is 17.6 Å². The Hall–Kier alpha value is -3.05. The topological polar surface area (TPSA) is 111 Å². The van der Waals surface area contributed by atoms with E-state index >= 15 is 0 Å². The van der Waals surface area contributed by atoms with Gasteiger partial charge in [-0.3, -0.25) is 24.4 Å². The molecule has 2 aromatic heterocycles. The smallest absolute Gasteiger partial charge is 0.286 e. The first-order valence-electron chi connectivity index (χ1n) is 8.68. The lowest BCUT2D eigenvalue weighted by molar-refractivity contribution is -0.126. The van der Waals surface area contributed by atoms with Crippen LogP contribution in [0.2, 0.25) is 0 Å². The minimum Gasteiger partial charge on any atom is -0.286 e. The first-order valence-corrected chi connectivity index (χ1v) is 9.56. The minimum absolute atomic E-state index is 0.143. The Morgan fingerprint density at radius 2 is 2.07 bits per heavy atom. The third-order valence-corrected chi connectivity index (χ3v) is 4.86. The molecule has 1 atom stereocenters. The second-order valence-corrected chi connectivity index (χ2v) is 6.69. The Bertz CT molecular complexity index is 868. The molecule has 0 radical (unpaired) electrons. The fraction of sp³-hybridized carbons (Fsp3) is 0.353. The van der Waals surface area contributed by atoms with Crippen molar-refractivity contribution in [2.24, 2.45) is 10.2 Å². The molecule has 0 N–H and O–H groups in total. The van der Waals surface area contributed by atoms with Gasteiger partial charge in [0.25, 0.3) is 11.8 Å². The summed E-state index contributed by atoms with van der Waals surface area (Å²) >= 11 is 1.25. The van der Waals surface area contributed by atoms with Crippen molar-refractivity contribution >= 4 is 34.3 Å². The van der Waals surface area contributed by atoms with Crippen molar-refractivity contribution in [1.29, 1.82) is 0 Å². The van der Waals surface area contributed by atoms with Gasteiger partial charge in [0, 0.05) is 24.0 Å². The van der Waals surface area contributed by atoms with Gasteiger partial charge in [-0.25, -0.2) is 9.78 Å². The molecule has 4 amide bonds. The van der Waals surface area contributed by atoms with Gasteiger partial charge in [0.2, 0.25) is 11.3 Å². The number of carbonyl (C=O) groups is 3. The largest absolute Gasteiger partial charge is 0.337 e. The maximum atomic E-state index is 12.9. The number of nitrogens with zero attached hydrogens (tertiary/aromatic N) is 7. The van der Waals surface area contributed by atoms with E-state index in [9.17, 15) is 14.4 Å². The summed E-state index contributed by atoms with van der Waals surface area (Å²) in [5.41, 5.74) is 0.143. The van der Waals surface area contributed by atoms with Crippen LogP contribution in [0.25, 0.3) is 0 Å². The first kappa shape index (κ1) is 19.7. The van der Waals surface area contributed by atoms with Crippen LogP contribution in [0.4, 0.5) is 9.93 Å². The van der Waals surface area contributed by atoms with E-state index < -0.39 is 24.0 Å². The summed E-state index contributed by atoms with van der Waals surface area (Å²) in [6, 6.07) is 2.33. The normalized spacial score (nSPS) is 17.3. The van der Waals surface area contributed by atoms with Crippen LogP contribution in [0.15, 0.2) is 46.3 Å². The van der Waals surface area contributed by atoms with Crippen molar-refractivity contribution in [3.63, 3.8) is 0 Å². The number of carbonyl (C=O) groups excluding carboxylic acids is 3. The van der Waals surface area contributed by atoms with Crippen molar-refractivity contribution in [3.8, 4) is 0 Å². The molecule has 0 bridgehead atoms. The summed E-state index contributed by atoms with van der Waals surface area (Å²) in [6.07, 6.45) is 3.15. The van der Waals surface area contributed by atoms with Crippen LogP contribution < -0.4 is 0 Å². The van der Waals surface area contributed by atoms with Crippen molar-refractivity contribution < 1.29 is 14.4 Å². The third kappa shape index (κ3) is 3.94. The van der Waals surface area contributed by atoms with Crippen LogP contribution in [0.1, 0.15) is 24.2 Å². The average Bonchev–Trinajstić information content (AvgIpc) is 3.31. The molecule has 3 heterocycles. The number of imide groups is 3. The Kier molecular flexibility index (Phi) is 6.16. The Balaban J connectivity index is 1.91. The number of amides is 4. The zero-order valence-corrected chi connectivity index (χ0v) is 16.2. The van der Waals surface area contributed by atoms with E-state index in [0.29, 0.717) is 23.1 Å². The molecule has 1 fully saturated rings. The van der Waals surface area contributed by atoms with Gasteiger partial charge in [0.15, 0.2) is 0 Å². The van der Waals surface area contributed by atoms with Gasteiger partial charge in [-0.15, -0.1) is 16.5 Å². The van der Waals surface area contributed by atoms with Crippen LogP contribution in [0.5, 0.6) is 0 Å². The first-order chi connectivity index (χ1) is 13.6. The number of hydrogen-bond acceptors (Lipinski definition) is 9. The standard InChI is InChI=1S/C17H19N7O3S/c1-3-22(4-2)11-23-13(20-21-16-19-8-9-28-16)15(26)24(17(23)27)14(25)12-6-5-7-18-10-12/h5-10,13H,3-4,11H2,1-2H3. The van der Waals surface area contributed by atoms with E-state index in [4.69, 9.17) is 0 Å². The lowest BCUT2D eigenvalue weighted by atomic mass is 10.2.